The van der Waals surface area contributed by atoms with Crippen molar-refractivity contribution < 1.29 is 9.53 Å². The molecule has 0 aliphatic rings. The monoisotopic (exact) mass is 320 g/mol. The molecule has 1 heterocycles. The van der Waals surface area contributed by atoms with Crippen molar-refractivity contribution in [3.63, 3.8) is 0 Å². The number of ketones is 1. The number of carbonyl (C=O) groups excluding carboxylic acids is 1. The van der Waals surface area contributed by atoms with E-state index in [0.29, 0.717) is 17.1 Å². The minimum atomic E-state index is -0.0728. The standard InChI is InChI=1S/C14H13BrN2O2/c1-19-14-5-2-10(15)6-9(14)7-13(18)12-4-3-11(16)8-17-12/h2-6,8H,7,16H2,1H3. The second-order valence-electron chi connectivity index (χ2n) is 4.03. The first-order valence-electron chi connectivity index (χ1n) is 5.67. The lowest BCUT2D eigenvalue weighted by Gasteiger charge is -2.08. The molecule has 0 spiro atoms. The van der Waals surface area contributed by atoms with Crippen LogP contribution < -0.4 is 10.5 Å². The molecule has 0 unspecified atom stereocenters. The van der Waals surface area contributed by atoms with E-state index in [1.807, 2.05) is 18.2 Å². The molecule has 2 aromatic rings. The SMILES string of the molecule is COc1ccc(Br)cc1CC(=O)c1ccc(N)cn1. The van der Waals surface area contributed by atoms with Gasteiger partial charge in [0.2, 0.25) is 0 Å². The summed E-state index contributed by atoms with van der Waals surface area (Å²) in [7, 11) is 1.58. The quantitative estimate of drug-likeness (QED) is 0.880. The van der Waals surface area contributed by atoms with Gasteiger partial charge in [0.05, 0.1) is 19.0 Å². The van der Waals surface area contributed by atoms with Crippen molar-refractivity contribution >= 4 is 27.4 Å². The molecule has 0 aliphatic carbocycles. The Hall–Kier alpha value is -1.88. The first kappa shape index (κ1) is 13.5. The molecule has 0 bridgehead atoms. The molecular formula is C14H13BrN2O2. The van der Waals surface area contributed by atoms with Gasteiger partial charge in [-0.05, 0) is 30.3 Å². The third-order valence-electron chi connectivity index (χ3n) is 2.67. The molecule has 1 aromatic heterocycles. The van der Waals surface area contributed by atoms with Crippen LogP contribution in [-0.4, -0.2) is 17.9 Å². The highest BCUT2D eigenvalue weighted by Crippen LogP contribution is 2.24. The fourth-order valence-corrected chi connectivity index (χ4v) is 2.13. The molecule has 1 aromatic carbocycles. The number of carbonyl (C=O) groups is 1. The lowest BCUT2D eigenvalue weighted by atomic mass is 10.1. The van der Waals surface area contributed by atoms with Gasteiger partial charge in [-0.2, -0.15) is 0 Å². The van der Waals surface area contributed by atoms with E-state index in [-0.39, 0.29) is 12.2 Å². The molecule has 0 atom stereocenters. The maximum absolute atomic E-state index is 12.1. The molecule has 4 nitrogen and oxygen atoms in total. The van der Waals surface area contributed by atoms with Crippen molar-refractivity contribution in [2.45, 2.75) is 6.42 Å². The van der Waals surface area contributed by atoms with Crippen LogP contribution in [0, 0.1) is 0 Å². The van der Waals surface area contributed by atoms with E-state index in [9.17, 15) is 4.79 Å². The highest BCUT2D eigenvalue weighted by Gasteiger charge is 2.12. The number of hydrogen-bond acceptors (Lipinski definition) is 4. The minimum absolute atomic E-state index is 0.0728. The maximum Gasteiger partial charge on any atom is 0.185 e. The zero-order chi connectivity index (χ0) is 13.8. The van der Waals surface area contributed by atoms with Gasteiger partial charge in [0.25, 0.3) is 0 Å². The number of rotatable bonds is 4. The number of nitrogen functional groups attached to an aromatic ring is 1. The summed E-state index contributed by atoms with van der Waals surface area (Å²) in [5, 5.41) is 0. The van der Waals surface area contributed by atoms with Crippen LogP contribution in [0.5, 0.6) is 5.75 Å². The Kier molecular flexibility index (Phi) is 4.16. The number of ether oxygens (including phenoxy) is 1. The lowest BCUT2D eigenvalue weighted by molar-refractivity contribution is 0.0987. The molecule has 0 fully saturated rings. The van der Waals surface area contributed by atoms with Gasteiger partial charge >= 0.3 is 0 Å². The molecule has 5 heteroatoms. The van der Waals surface area contributed by atoms with E-state index in [1.54, 1.807) is 19.2 Å². The van der Waals surface area contributed by atoms with Crippen LogP contribution >= 0.6 is 15.9 Å². The number of benzene rings is 1. The summed E-state index contributed by atoms with van der Waals surface area (Å²) in [6.45, 7) is 0. The van der Waals surface area contributed by atoms with Crippen molar-refractivity contribution in [1.82, 2.24) is 4.98 Å². The molecule has 0 amide bonds. The molecule has 0 saturated heterocycles. The van der Waals surface area contributed by atoms with Gasteiger partial charge in [-0.3, -0.25) is 9.78 Å². The van der Waals surface area contributed by atoms with Crippen molar-refractivity contribution in [2.24, 2.45) is 0 Å². The van der Waals surface area contributed by atoms with Gasteiger partial charge in [0, 0.05) is 16.5 Å². The van der Waals surface area contributed by atoms with Crippen LogP contribution in [0.3, 0.4) is 0 Å². The molecule has 0 radical (unpaired) electrons. The predicted octanol–water partition coefficient (Wildman–Crippen LogP) is 2.86. The number of halogens is 1. The zero-order valence-electron chi connectivity index (χ0n) is 10.4. The van der Waals surface area contributed by atoms with Gasteiger partial charge in [-0.25, -0.2) is 0 Å². The minimum Gasteiger partial charge on any atom is -0.496 e. The third kappa shape index (κ3) is 3.32. The van der Waals surface area contributed by atoms with Crippen LogP contribution in [0.2, 0.25) is 0 Å². The molecule has 98 valence electrons. The highest BCUT2D eigenvalue weighted by molar-refractivity contribution is 9.10. The Morgan fingerprint density at radius 2 is 2.16 bits per heavy atom. The Balaban J connectivity index is 2.23. The number of nitrogens with two attached hydrogens (primary N) is 1. The molecular weight excluding hydrogens is 308 g/mol. The van der Waals surface area contributed by atoms with Crippen LogP contribution in [0.1, 0.15) is 16.1 Å². The fraction of sp³-hybridized carbons (Fsp3) is 0.143. The summed E-state index contributed by atoms with van der Waals surface area (Å²) in [5.41, 5.74) is 7.30. The first-order chi connectivity index (χ1) is 9.10. The topological polar surface area (TPSA) is 65.2 Å². The Bertz CT molecular complexity index is 597. The summed E-state index contributed by atoms with van der Waals surface area (Å²) >= 11 is 3.38. The van der Waals surface area contributed by atoms with Crippen LogP contribution in [0.15, 0.2) is 41.0 Å². The Labute approximate surface area is 119 Å². The van der Waals surface area contributed by atoms with Gasteiger partial charge in [-0.15, -0.1) is 0 Å². The molecule has 2 N–H and O–H groups in total. The van der Waals surface area contributed by atoms with Crippen LogP contribution in [-0.2, 0) is 6.42 Å². The largest absolute Gasteiger partial charge is 0.496 e. The van der Waals surface area contributed by atoms with Crippen molar-refractivity contribution in [1.29, 1.82) is 0 Å². The number of anilines is 1. The summed E-state index contributed by atoms with van der Waals surface area (Å²) in [6.07, 6.45) is 1.71. The molecule has 2 rings (SSSR count). The van der Waals surface area contributed by atoms with E-state index in [2.05, 4.69) is 20.9 Å². The van der Waals surface area contributed by atoms with Crippen molar-refractivity contribution in [3.05, 3.63) is 52.3 Å². The van der Waals surface area contributed by atoms with E-state index in [0.717, 1.165) is 10.0 Å². The van der Waals surface area contributed by atoms with E-state index in [1.165, 1.54) is 6.20 Å². The van der Waals surface area contributed by atoms with Crippen LogP contribution in [0.4, 0.5) is 5.69 Å². The average Bonchev–Trinajstić information content (AvgIpc) is 2.39. The second-order valence-corrected chi connectivity index (χ2v) is 4.95. The zero-order valence-corrected chi connectivity index (χ0v) is 12.0. The van der Waals surface area contributed by atoms with Crippen LogP contribution in [0.25, 0.3) is 0 Å². The van der Waals surface area contributed by atoms with Gasteiger partial charge < -0.3 is 10.5 Å². The number of pyridine rings is 1. The fourth-order valence-electron chi connectivity index (χ4n) is 1.72. The number of nitrogens with zero attached hydrogens (tertiary/aromatic N) is 1. The van der Waals surface area contributed by atoms with E-state index in [4.69, 9.17) is 10.5 Å². The summed E-state index contributed by atoms with van der Waals surface area (Å²) < 4.78 is 6.15. The van der Waals surface area contributed by atoms with E-state index < -0.39 is 0 Å². The average molecular weight is 321 g/mol. The number of Topliss-reactive ketones (excluding diaryl/α,β-unsaturated/α-hetero) is 1. The van der Waals surface area contributed by atoms with Crippen molar-refractivity contribution in [2.75, 3.05) is 12.8 Å². The first-order valence-corrected chi connectivity index (χ1v) is 6.46. The third-order valence-corrected chi connectivity index (χ3v) is 3.16. The van der Waals surface area contributed by atoms with Crippen molar-refractivity contribution in [3.8, 4) is 5.75 Å². The number of aromatic nitrogens is 1. The summed E-state index contributed by atoms with van der Waals surface area (Å²) in [4.78, 5) is 16.2. The molecule has 0 aliphatic heterocycles. The molecule has 19 heavy (non-hydrogen) atoms. The number of hydrogen-bond donors (Lipinski definition) is 1. The molecule has 0 saturated carbocycles. The smallest absolute Gasteiger partial charge is 0.185 e. The lowest BCUT2D eigenvalue weighted by Crippen LogP contribution is -2.07. The van der Waals surface area contributed by atoms with E-state index >= 15 is 0 Å². The van der Waals surface area contributed by atoms with Gasteiger partial charge in [-0.1, -0.05) is 15.9 Å². The number of methoxy groups -OCH3 is 1. The maximum atomic E-state index is 12.1. The second kappa shape index (κ2) is 5.84. The van der Waals surface area contributed by atoms with Gasteiger partial charge in [0.15, 0.2) is 5.78 Å². The Morgan fingerprint density at radius 3 is 2.79 bits per heavy atom. The summed E-state index contributed by atoms with van der Waals surface area (Å²) in [6, 6.07) is 8.85. The highest BCUT2D eigenvalue weighted by atomic mass is 79.9. The normalized spacial score (nSPS) is 10.2. The summed E-state index contributed by atoms with van der Waals surface area (Å²) in [5.74, 6) is 0.614. The predicted molar refractivity (Wildman–Crippen MR) is 77.4 cm³/mol. The van der Waals surface area contributed by atoms with Gasteiger partial charge in [0.1, 0.15) is 11.4 Å². The Morgan fingerprint density at radius 1 is 1.37 bits per heavy atom.